The first-order valence-electron chi connectivity index (χ1n) is 8.83. The van der Waals surface area contributed by atoms with Gasteiger partial charge >= 0.3 is 0 Å². The molecule has 0 unspecified atom stereocenters. The highest BCUT2D eigenvalue weighted by Crippen LogP contribution is 2.42. The van der Waals surface area contributed by atoms with Crippen LogP contribution in [0.25, 0.3) is 5.78 Å². The Morgan fingerprint density at radius 2 is 2.31 bits per heavy atom. The normalized spacial score (nSPS) is 21.3. The van der Waals surface area contributed by atoms with E-state index in [1.807, 2.05) is 25.1 Å². The molecular formula is C18H20N6O2. The summed E-state index contributed by atoms with van der Waals surface area (Å²) >= 11 is 0. The number of hydrogen-bond donors (Lipinski definition) is 0. The summed E-state index contributed by atoms with van der Waals surface area (Å²) in [5.41, 5.74) is 0.789. The number of aromatic nitrogens is 5. The van der Waals surface area contributed by atoms with Crippen LogP contribution in [0.2, 0.25) is 0 Å². The fraction of sp³-hybridized carbons (Fsp3) is 0.444. The predicted molar refractivity (Wildman–Crippen MR) is 94.3 cm³/mol. The van der Waals surface area contributed by atoms with Crippen molar-refractivity contribution in [2.45, 2.75) is 18.9 Å². The minimum atomic E-state index is -0.147. The Bertz CT molecular complexity index is 922. The first kappa shape index (κ1) is 15.5. The van der Waals surface area contributed by atoms with Crippen LogP contribution in [-0.2, 0) is 4.74 Å². The summed E-state index contributed by atoms with van der Waals surface area (Å²) in [6.07, 6.45) is 6.05. The number of aryl methyl sites for hydroxylation is 1. The third-order valence-corrected chi connectivity index (χ3v) is 5.29. The van der Waals surface area contributed by atoms with Gasteiger partial charge in [-0.1, -0.05) is 0 Å². The van der Waals surface area contributed by atoms with E-state index in [1.54, 1.807) is 16.9 Å². The second-order valence-electron chi connectivity index (χ2n) is 6.98. The van der Waals surface area contributed by atoms with Gasteiger partial charge in [-0.25, -0.2) is 4.98 Å². The molecule has 2 fully saturated rings. The van der Waals surface area contributed by atoms with E-state index < -0.39 is 0 Å². The Hall–Kier alpha value is -2.74. The molecule has 0 saturated carbocycles. The number of ether oxygens (including phenoxy) is 2. The molecule has 8 nitrogen and oxygen atoms in total. The number of anilines is 1. The van der Waals surface area contributed by atoms with Crippen LogP contribution < -0.4 is 9.64 Å². The number of nitrogens with zero attached hydrogens (tertiary/aromatic N) is 6. The van der Waals surface area contributed by atoms with Crippen molar-refractivity contribution < 1.29 is 9.47 Å². The fourth-order valence-corrected chi connectivity index (χ4v) is 3.90. The summed E-state index contributed by atoms with van der Waals surface area (Å²) in [6, 6.07) is 5.87. The molecule has 2 aliphatic rings. The van der Waals surface area contributed by atoms with E-state index in [1.165, 1.54) is 6.33 Å². The Morgan fingerprint density at radius 1 is 1.38 bits per heavy atom. The Morgan fingerprint density at radius 3 is 3.15 bits per heavy atom. The van der Waals surface area contributed by atoms with Gasteiger partial charge in [0.15, 0.2) is 0 Å². The van der Waals surface area contributed by atoms with Crippen LogP contribution in [0, 0.1) is 12.8 Å². The lowest BCUT2D eigenvalue weighted by atomic mass is 9.81. The van der Waals surface area contributed by atoms with Gasteiger partial charge in [-0.2, -0.15) is 14.6 Å². The molecule has 1 atom stereocenters. The van der Waals surface area contributed by atoms with Crippen LogP contribution in [-0.4, -0.2) is 56.5 Å². The maximum Gasteiger partial charge on any atom is 0.254 e. The smallest absolute Gasteiger partial charge is 0.254 e. The van der Waals surface area contributed by atoms with Gasteiger partial charge in [0, 0.05) is 30.5 Å². The Kier molecular flexibility index (Phi) is 3.53. The number of fused-ring (bicyclic) bond motifs is 1. The van der Waals surface area contributed by atoms with Crippen molar-refractivity contribution in [3.63, 3.8) is 0 Å². The van der Waals surface area contributed by atoms with Crippen LogP contribution in [0.1, 0.15) is 12.1 Å². The van der Waals surface area contributed by atoms with E-state index in [4.69, 9.17) is 9.47 Å². The van der Waals surface area contributed by atoms with E-state index in [2.05, 4.69) is 25.0 Å². The van der Waals surface area contributed by atoms with Gasteiger partial charge in [0.2, 0.25) is 0 Å². The molecule has 0 radical (unpaired) electrons. The molecule has 134 valence electrons. The van der Waals surface area contributed by atoms with E-state index in [9.17, 15) is 0 Å². The van der Waals surface area contributed by atoms with Gasteiger partial charge in [0.25, 0.3) is 5.78 Å². The first-order chi connectivity index (χ1) is 12.7. The van der Waals surface area contributed by atoms with Crippen molar-refractivity contribution in [3.8, 4) is 5.75 Å². The minimum Gasteiger partial charge on any atom is -0.492 e. The molecule has 3 aromatic heterocycles. The van der Waals surface area contributed by atoms with Crippen LogP contribution in [0.15, 0.2) is 36.9 Å². The Balaban J connectivity index is 1.31. The third-order valence-electron chi connectivity index (χ3n) is 5.29. The first-order valence-corrected chi connectivity index (χ1v) is 8.83. The molecule has 2 aliphatic heterocycles. The average molecular weight is 352 g/mol. The van der Waals surface area contributed by atoms with E-state index in [-0.39, 0.29) is 5.60 Å². The van der Waals surface area contributed by atoms with Crippen LogP contribution in [0.5, 0.6) is 5.75 Å². The average Bonchev–Trinajstić information content (AvgIpc) is 3.25. The fourth-order valence-electron chi connectivity index (χ4n) is 3.90. The summed E-state index contributed by atoms with van der Waals surface area (Å²) in [4.78, 5) is 15.0. The van der Waals surface area contributed by atoms with Gasteiger partial charge in [-0.15, -0.1) is 0 Å². The highest BCUT2D eigenvalue weighted by atomic mass is 16.5. The maximum absolute atomic E-state index is 6.15. The molecule has 8 heteroatoms. The predicted octanol–water partition coefficient (Wildman–Crippen LogP) is 1.50. The lowest BCUT2D eigenvalue weighted by molar-refractivity contribution is -0.0528. The lowest BCUT2D eigenvalue weighted by Gasteiger charge is -2.50. The monoisotopic (exact) mass is 352 g/mol. The van der Waals surface area contributed by atoms with Crippen molar-refractivity contribution in [2.75, 3.05) is 31.2 Å². The van der Waals surface area contributed by atoms with E-state index in [0.29, 0.717) is 18.3 Å². The largest absolute Gasteiger partial charge is 0.492 e. The van der Waals surface area contributed by atoms with E-state index >= 15 is 0 Å². The summed E-state index contributed by atoms with van der Waals surface area (Å²) in [5, 5.41) is 4.30. The summed E-state index contributed by atoms with van der Waals surface area (Å²) in [5.74, 6) is 2.82. The highest BCUT2D eigenvalue weighted by molar-refractivity contribution is 5.51. The maximum atomic E-state index is 6.15. The number of pyridine rings is 1. The van der Waals surface area contributed by atoms with Crippen LogP contribution in [0.3, 0.4) is 0 Å². The van der Waals surface area contributed by atoms with Crippen molar-refractivity contribution in [2.24, 2.45) is 5.92 Å². The second kappa shape index (κ2) is 5.91. The van der Waals surface area contributed by atoms with Crippen molar-refractivity contribution >= 4 is 11.6 Å². The zero-order valence-electron chi connectivity index (χ0n) is 14.6. The zero-order valence-corrected chi connectivity index (χ0v) is 14.6. The van der Waals surface area contributed by atoms with E-state index in [0.717, 1.165) is 43.4 Å². The summed E-state index contributed by atoms with van der Waals surface area (Å²) in [7, 11) is 0. The molecule has 5 rings (SSSR count). The van der Waals surface area contributed by atoms with Gasteiger partial charge < -0.3 is 14.4 Å². The SMILES string of the molecule is Cc1cc(N2CC3(C2)OCC[C@H]3COc2cccnc2)n2ncnc2n1. The van der Waals surface area contributed by atoms with Crippen molar-refractivity contribution in [1.82, 2.24) is 24.6 Å². The number of hydrogen-bond acceptors (Lipinski definition) is 7. The third kappa shape index (κ3) is 2.48. The van der Waals surface area contributed by atoms with Crippen molar-refractivity contribution in [3.05, 3.63) is 42.6 Å². The van der Waals surface area contributed by atoms with Gasteiger partial charge in [0.05, 0.1) is 25.9 Å². The Labute approximate surface area is 150 Å². The molecule has 5 heterocycles. The van der Waals surface area contributed by atoms with Crippen LogP contribution in [0.4, 0.5) is 5.82 Å². The summed E-state index contributed by atoms with van der Waals surface area (Å²) < 4.78 is 13.9. The lowest BCUT2D eigenvalue weighted by Crippen LogP contribution is -2.66. The highest BCUT2D eigenvalue weighted by Gasteiger charge is 2.54. The summed E-state index contributed by atoms with van der Waals surface area (Å²) in [6.45, 7) is 5.06. The molecule has 0 amide bonds. The van der Waals surface area contributed by atoms with Gasteiger partial charge in [-0.05, 0) is 25.5 Å². The van der Waals surface area contributed by atoms with Gasteiger partial charge in [-0.3, -0.25) is 4.98 Å². The number of rotatable bonds is 4. The molecule has 0 aromatic carbocycles. The molecule has 1 spiro atoms. The molecule has 0 bridgehead atoms. The second-order valence-corrected chi connectivity index (χ2v) is 6.98. The standard InChI is InChI=1S/C18H20N6O2/c1-13-7-16(24-17(22-13)20-12-21-24)23-10-18(11-23)14(4-6-26-18)9-25-15-3-2-5-19-8-15/h2-3,5,7-8,12,14H,4,6,9-11H2,1H3/t14-/m0/s1. The minimum absolute atomic E-state index is 0.147. The molecule has 3 aromatic rings. The zero-order chi connectivity index (χ0) is 17.6. The quantitative estimate of drug-likeness (QED) is 0.704. The molecule has 26 heavy (non-hydrogen) atoms. The van der Waals surface area contributed by atoms with Gasteiger partial charge in [0.1, 0.15) is 23.5 Å². The van der Waals surface area contributed by atoms with Crippen molar-refractivity contribution in [1.29, 1.82) is 0 Å². The molecular weight excluding hydrogens is 332 g/mol. The molecule has 0 aliphatic carbocycles. The molecule has 2 saturated heterocycles. The topological polar surface area (TPSA) is 77.7 Å². The molecule has 0 N–H and O–H groups in total. The van der Waals surface area contributed by atoms with Crippen LogP contribution >= 0.6 is 0 Å².